The van der Waals surface area contributed by atoms with Crippen molar-refractivity contribution < 1.29 is 4.79 Å². The molecule has 0 spiro atoms. The molecule has 1 heterocycles. The lowest BCUT2D eigenvalue weighted by Gasteiger charge is -2.18. The summed E-state index contributed by atoms with van der Waals surface area (Å²) in [7, 11) is 0. The molecule has 0 fully saturated rings. The zero-order valence-corrected chi connectivity index (χ0v) is 10.0. The number of nitrogens with zero attached hydrogens (tertiary/aromatic N) is 1. The number of anilines is 1. The van der Waals surface area contributed by atoms with Crippen LogP contribution in [0.5, 0.6) is 0 Å². The molecule has 1 aromatic rings. The molecule has 0 saturated heterocycles. The van der Waals surface area contributed by atoms with E-state index in [-0.39, 0.29) is 11.8 Å². The number of nitrogens with one attached hydrogen (secondary N) is 1. The highest BCUT2D eigenvalue weighted by Gasteiger charge is 2.19. The van der Waals surface area contributed by atoms with Gasteiger partial charge in [0.1, 0.15) is 0 Å². The van der Waals surface area contributed by atoms with Crippen molar-refractivity contribution in [3.05, 3.63) is 24.0 Å². The number of amides is 1. The van der Waals surface area contributed by atoms with Crippen molar-refractivity contribution in [1.82, 2.24) is 4.98 Å². The van der Waals surface area contributed by atoms with Gasteiger partial charge in [0.15, 0.2) is 0 Å². The molecule has 0 saturated carbocycles. The van der Waals surface area contributed by atoms with E-state index >= 15 is 0 Å². The van der Waals surface area contributed by atoms with Gasteiger partial charge in [0.2, 0.25) is 5.91 Å². The first-order valence-corrected chi connectivity index (χ1v) is 5.54. The Morgan fingerprint density at radius 1 is 1.62 bits per heavy atom. The summed E-state index contributed by atoms with van der Waals surface area (Å²) < 4.78 is 0. The van der Waals surface area contributed by atoms with E-state index < -0.39 is 6.04 Å². The molecule has 16 heavy (non-hydrogen) atoms. The van der Waals surface area contributed by atoms with Gasteiger partial charge in [-0.1, -0.05) is 20.3 Å². The SMILES string of the molecule is CCC(C)[C@H](N)C(=O)Nc1cccnc1C. The van der Waals surface area contributed by atoms with Crippen LogP contribution in [0.25, 0.3) is 0 Å². The standard InChI is InChI=1S/C12H19N3O/c1-4-8(2)11(13)12(16)15-10-6-5-7-14-9(10)3/h5-8,11H,4,13H2,1-3H3,(H,15,16)/t8?,11-/m0/s1. The molecular formula is C12H19N3O. The van der Waals surface area contributed by atoms with Crippen LogP contribution < -0.4 is 11.1 Å². The molecule has 1 unspecified atom stereocenters. The predicted molar refractivity (Wildman–Crippen MR) is 65.0 cm³/mol. The lowest BCUT2D eigenvalue weighted by Crippen LogP contribution is -2.40. The van der Waals surface area contributed by atoms with Gasteiger partial charge in [-0.2, -0.15) is 0 Å². The van der Waals surface area contributed by atoms with E-state index in [1.807, 2.05) is 26.8 Å². The van der Waals surface area contributed by atoms with Gasteiger partial charge in [-0.15, -0.1) is 0 Å². The summed E-state index contributed by atoms with van der Waals surface area (Å²) in [5.74, 6) is 0.0300. The quantitative estimate of drug-likeness (QED) is 0.813. The average molecular weight is 221 g/mol. The minimum atomic E-state index is -0.468. The minimum Gasteiger partial charge on any atom is -0.323 e. The van der Waals surface area contributed by atoms with Crippen molar-refractivity contribution in [2.24, 2.45) is 11.7 Å². The van der Waals surface area contributed by atoms with E-state index in [4.69, 9.17) is 5.73 Å². The van der Waals surface area contributed by atoms with Crippen LogP contribution in [-0.4, -0.2) is 16.9 Å². The molecule has 88 valence electrons. The number of rotatable bonds is 4. The van der Waals surface area contributed by atoms with Crippen molar-refractivity contribution in [3.63, 3.8) is 0 Å². The Hall–Kier alpha value is -1.42. The van der Waals surface area contributed by atoms with Crippen molar-refractivity contribution >= 4 is 11.6 Å². The summed E-state index contributed by atoms with van der Waals surface area (Å²) in [4.78, 5) is 15.9. The third kappa shape index (κ3) is 3.03. The molecule has 1 rings (SSSR count). The van der Waals surface area contributed by atoms with Gasteiger partial charge in [0.05, 0.1) is 17.4 Å². The fourth-order valence-corrected chi connectivity index (χ4v) is 1.34. The van der Waals surface area contributed by atoms with Gasteiger partial charge >= 0.3 is 0 Å². The van der Waals surface area contributed by atoms with E-state index in [0.29, 0.717) is 0 Å². The second-order valence-corrected chi connectivity index (χ2v) is 4.04. The maximum absolute atomic E-state index is 11.8. The highest BCUT2D eigenvalue weighted by molar-refractivity contribution is 5.95. The molecule has 0 aliphatic carbocycles. The molecular weight excluding hydrogens is 202 g/mol. The van der Waals surface area contributed by atoms with Gasteiger partial charge < -0.3 is 11.1 Å². The number of aryl methyl sites for hydroxylation is 1. The lowest BCUT2D eigenvalue weighted by molar-refractivity contribution is -0.118. The summed E-state index contributed by atoms with van der Waals surface area (Å²) in [6, 6.07) is 3.14. The van der Waals surface area contributed by atoms with Gasteiger partial charge in [-0.3, -0.25) is 9.78 Å². The summed E-state index contributed by atoms with van der Waals surface area (Å²) in [6.07, 6.45) is 2.58. The topological polar surface area (TPSA) is 68.0 Å². The van der Waals surface area contributed by atoms with Crippen molar-refractivity contribution in [1.29, 1.82) is 0 Å². The number of carbonyl (C=O) groups excluding carboxylic acids is 1. The van der Waals surface area contributed by atoms with E-state index in [1.54, 1.807) is 12.3 Å². The summed E-state index contributed by atoms with van der Waals surface area (Å²) in [6.45, 7) is 5.85. The molecule has 3 N–H and O–H groups in total. The van der Waals surface area contributed by atoms with E-state index in [0.717, 1.165) is 17.8 Å². The maximum Gasteiger partial charge on any atom is 0.241 e. The van der Waals surface area contributed by atoms with Crippen LogP contribution in [0.1, 0.15) is 26.0 Å². The molecule has 0 bridgehead atoms. The van der Waals surface area contributed by atoms with Crippen LogP contribution in [0.4, 0.5) is 5.69 Å². The van der Waals surface area contributed by atoms with Crippen LogP contribution >= 0.6 is 0 Å². The highest BCUT2D eigenvalue weighted by Crippen LogP contribution is 2.12. The number of hydrogen-bond acceptors (Lipinski definition) is 3. The Bertz CT molecular complexity index is 365. The summed E-state index contributed by atoms with van der Waals surface area (Å²) in [5.41, 5.74) is 7.36. The first-order valence-electron chi connectivity index (χ1n) is 5.54. The molecule has 1 aromatic heterocycles. The molecule has 4 heteroatoms. The van der Waals surface area contributed by atoms with Gasteiger partial charge in [-0.25, -0.2) is 0 Å². The van der Waals surface area contributed by atoms with Crippen molar-refractivity contribution in [3.8, 4) is 0 Å². The highest BCUT2D eigenvalue weighted by atomic mass is 16.2. The number of hydrogen-bond donors (Lipinski definition) is 2. The van der Waals surface area contributed by atoms with Gasteiger partial charge in [0, 0.05) is 6.20 Å². The number of pyridine rings is 1. The van der Waals surface area contributed by atoms with Crippen LogP contribution in [0, 0.1) is 12.8 Å². The van der Waals surface area contributed by atoms with Crippen LogP contribution in [-0.2, 0) is 4.79 Å². The third-order valence-corrected chi connectivity index (χ3v) is 2.82. The monoisotopic (exact) mass is 221 g/mol. The smallest absolute Gasteiger partial charge is 0.241 e. The van der Waals surface area contributed by atoms with Crippen LogP contribution in [0.3, 0.4) is 0 Å². The Kier molecular flexibility index (Phi) is 4.43. The first kappa shape index (κ1) is 12.6. The Balaban J connectivity index is 2.68. The van der Waals surface area contributed by atoms with E-state index in [2.05, 4.69) is 10.3 Å². The molecule has 0 radical (unpaired) electrons. The van der Waals surface area contributed by atoms with Crippen molar-refractivity contribution in [2.75, 3.05) is 5.32 Å². The molecule has 0 aliphatic rings. The lowest BCUT2D eigenvalue weighted by atomic mass is 9.99. The number of carbonyl (C=O) groups is 1. The Labute approximate surface area is 96.3 Å². The maximum atomic E-state index is 11.8. The fourth-order valence-electron chi connectivity index (χ4n) is 1.34. The summed E-state index contributed by atoms with van der Waals surface area (Å²) >= 11 is 0. The largest absolute Gasteiger partial charge is 0.323 e. The molecule has 2 atom stereocenters. The Morgan fingerprint density at radius 2 is 2.31 bits per heavy atom. The Morgan fingerprint density at radius 3 is 2.88 bits per heavy atom. The molecule has 0 aliphatic heterocycles. The van der Waals surface area contributed by atoms with E-state index in [9.17, 15) is 4.79 Å². The fraction of sp³-hybridized carbons (Fsp3) is 0.500. The van der Waals surface area contributed by atoms with Crippen molar-refractivity contribution in [2.45, 2.75) is 33.2 Å². The second-order valence-electron chi connectivity index (χ2n) is 4.04. The predicted octanol–water partition coefficient (Wildman–Crippen LogP) is 1.70. The zero-order chi connectivity index (χ0) is 12.1. The normalized spacial score (nSPS) is 14.2. The molecule has 4 nitrogen and oxygen atoms in total. The first-order chi connectivity index (χ1) is 7.56. The van der Waals surface area contributed by atoms with Crippen LogP contribution in [0.15, 0.2) is 18.3 Å². The number of aromatic nitrogens is 1. The second kappa shape index (κ2) is 5.61. The zero-order valence-electron chi connectivity index (χ0n) is 10.0. The minimum absolute atomic E-state index is 0.148. The third-order valence-electron chi connectivity index (χ3n) is 2.82. The van der Waals surface area contributed by atoms with Gasteiger partial charge in [0.25, 0.3) is 0 Å². The molecule has 1 amide bonds. The van der Waals surface area contributed by atoms with Crippen LogP contribution in [0.2, 0.25) is 0 Å². The number of nitrogens with two attached hydrogens (primary N) is 1. The van der Waals surface area contributed by atoms with E-state index in [1.165, 1.54) is 0 Å². The average Bonchev–Trinajstić information content (AvgIpc) is 2.30. The summed E-state index contributed by atoms with van der Waals surface area (Å²) in [5, 5.41) is 2.80. The van der Waals surface area contributed by atoms with Gasteiger partial charge in [-0.05, 0) is 25.0 Å². The molecule has 0 aromatic carbocycles.